The number of carbonyl (C=O) groups excluding carboxylic acids is 4. The number of phosphoric ester groups is 2. The molecule has 0 spiro atoms. The van der Waals surface area contributed by atoms with Crippen molar-refractivity contribution >= 4 is 39.5 Å². The van der Waals surface area contributed by atoms with Crippen molar-refractivity contribution in [3.8, 4) is 0 Å². The van der Waals surface area contributed by atoms with Crippen molar-refractivity contribution in [3.05, 3.63) is 24.3 Å². The third-order valence-electron chi connectivity index (χ3n) is 16.9. The Labute approximate surface area is 573 Å². The third kappa shape index (κ3) is 68.1. The van der Waals surface area contributed by atoms with Gasteiger partial charge in [-0.3, -0.25) is 37.3 Å². The summed E-state index contributed by atoms with van der Waals surface area (Å²) in [7, 11) is -9.92. The van der Waals surface area contributed by atoms with E-state index in [0.29, 0.717) is 25.7 Å². The SMILES string of the molecule is CCCCCC/C=C\C=C/CCCCCCCC(=O)OC[C@H](COP(=O)(O)OC[C@@H](O)COP(=O)(O)OC[C@@H](COC(=O)CCCCCCCCCCCC)OC(=O)CCCCCCCCCCCCC(C)C)OC(=O)CCCCCCCCCCCCCCCCCC. The zero-order valence-electron chi connectivity index (χ0n) is 60.6. The van der Waals surface area contributed by atoms with E-state index in [2.05, 4.69) is 58.9 Å². The van der Waals surface area contributed by atoms with Crippen molar-refractivity contribution in [2.75, 3.05) is 39.6 Å². The maximum atomic E-state index is 13.1. The van der Waals surface area contributed by atoms with Crippen molar-refractivity contribution in [1.82, 2.24) is 0 Å². The molecule has 0 saturated carbocycles. The molecule has 17 nitrogen and oxygen atoms in total. The zero-order chi connectivity index (χ0) is 69.1. The molecule has 0 aromatic rings. The highest BCUT2D eigenvalue weighted by atomic mass is 31.2. The molecule has 2 unspecified atom stereocenters. The summed E-state index contributed by atoms with van der Waals surface area (Å²) in [5, 5.41) is 10.6. The standard InChI is InChI=1S/C75H142O17P2/c1-6-9-12-15-18-21-24-26-28-30-32-34-40-45-50-55-60-74(79)91-71(65-86-73(78)59-54-49-44-39-33-31-29-27-25-22-19-16-13-10-7-2)67-90-94(83,84)88-63-69(76)62-87-93(81,82)89-66-70(64-85-72(77)58-53-48-43-38-23-20-17-14-11-8-3)92-75(80)61-56-51-46-41-36-35-37-42-47-52-57-68(4)5/h22,25,27,29,68-71,76H,6-21,23-24,26,28,30-67H2,1-5H3,(H,81,82)(H,83,84)/b25-22-,29-27-/t69-,70+,71+/m0/s1. The molecule has 0 bridgehead atoms. The molecule has 0 saturated heterocycles. The van der Waals surface area contributed by atoms with Crippen LogP contribution in [0.2, 0.25) is 0 Å². The van der Waals surface area contributed by atoms with Gasteiger partial charge in [-0.2, -0.15) is 0 Å². The molecule has 0 rings (SSSR count). The second kappa shape index (κ2) is 67.7. The number of unbranched alkanes of at least 4 members (excludes halogenated alkanes) is 42. The Kier molecular flexibility index (Phi) is 65.9. The Morgan fingerprint density at radius 3 is 0.872 bits per heavy atom. The quantitative estimate of drug-likeness (QED) is 0.0169. The first-order valence-corrected chi connectivity index (χ1v) is 41.4. The second-order valence-corrected chi connectivity index (χ2v) is 29.7. The molecule has 0 aromatic carbocycles. The van der Waals surface area contributed by atoms with Crippen molar-refractivity contribution in [3.63, 3.8) is 0 Å². The van der Waals surface area contributed by atoms with Crippen molar-refractivity contribution < 1.29 is 80.2 Å². The number of phosphoric acid groups is 2. The number of allylic oxidation sites excluding steroid dienone is 4. The number of aliphatic hydroxyl groups excluding tert-OH is 1. The molecule has 5 atom stereocenters. The number of esters is 4. The lowest BCUT2D eigenvalue weighted by Gasteiger charge is -2.21. The lowest BCUT2D eigenvalue weighted by atomic mass is 10.0. The molecule has 0 aliphatic carbocycles. The molecule has 554 valence electrons. The highest BCUT2D eigenvalue weighted by Crippen LogP contribution is 2.45. The summed E-state index contributed by atoms with van der Waals surface area (Å²) < 4.78 is 68.4. The first kappa shape index (κ1) is 91.5. The topological polar surface area (TPSA) is 237 Å². The first-order valence-electron chi connectivity index (χ1n) is 38.5. The average Bonchev–Trinajstić information content (AvgIpc) is 2.23. The van der Waals surface area contributed by atoms with E-state index in [-0.39, 0.29) is 25.7 Å². The highest BCUT2D eigenvalue weighted by Gasteiger charge is 2.30. The predicted molar refractivity (Wildman–Crippen MR) is 381 cm³/mol. The van der Waals surface area contributed by atoms with Gasteiger partial charge < -0.3 is 33.8 Å². The van der Waals surface area contributed by atoms with Gasteiger partial charge in [-0.05, 0) is 57.3 Å². The Bertz CT molecular complexity index is 1900. The lowest BCUT2D eigenvalue weighted by molar-refractivity contribution is -0.161. The lowest BCUT2D eigenvalue weighted by Crippen LogP contribution is -2.30. The molecular weight excluding hydrogens is 1230 g/mol. The number of hydrogen-bond acceptors (Lipinski definition) is 15. The monoisotopic (exact) mass is 1380 g/mol. The predicted octanol–water partition coefficient (Wildman–Crippen LogP) is 21.6. The Morgan fingerprint density at radius 2 is 0.574 bits per heavy atom. The highest BCUT2D eigenvalue weighted by molar-refractivity contribution is 7.47. The minimum absolute atomic E-state index is 0.102. The van der Waals surface area contributed by atoms with Crippen LogP contribution in [0.4, 0.5) is 0 Å². The summed E-state index contributed by atoms with van der Waals surface area (Å²) >= 11 is 0. The van der Waals surface area contributed by atoms with E-state index >= 15 is 0 Å². The normalized spacial score (nSPS) is 14.1. The van der Waals surface area contributed by atoms with Crippen LogP contribution in [0.25, 0.3) is 0 Å². The van der Waals surface area contributed by atoms with Crippen LogP contribution >= 0.6 is 15.6 Å². The van der Waals surface area contributed by atoms with Gasteiger partial charge in [0.25, 0.3) is 0 Å². The molecule has 94 heavy (non-hydrogen) atoms. The minimum Gasteiger partial charge on any atom is -0.462 e. The summed E-state index contributed by atoms with van der Waals surface area (Å²) in [6.45, 7) is 7.20. The van der Waals surface area contributed by atoms with E-state index < -0.39 is 97.5 Å². The van der Waals surface area contributed by atoms with E-state index in [1.807, 2.05) is 0 Å². The molecule has 0 aliphatic rings. The maximum absolute atomic E-state index is 13.1. The zero-order valence-corrected chi connectivity index (χ0v) is 62.4. The Hall–Kier alpha value is -2.46. The van der Waals surface area contributed by atoms with Gasteiger partial charge in [-0.1, -0.05) is 316 Å². The van der Waals surface area contributed by atoms with Crippen LogP contribution in [0.15, 0.2) is 24.3 Å². The van der Waals surface area contributed by atoms with Crippen LogP contribution in [-0.4, -0.2) is 96.7 Å². The first-order chi connectivity index (χ1) is 45.5. The van der Waals surface area contributed by atoms with Gasteiger partial charge in [0.1, 0.15) is 19.3 Å². The largest absolute Gasteiger partial charge is 0.472 e. The fraction of sp³-hybridized carbons (Fsp3) is 0.893. The molecule has 3 N–H and O–H groups in total. The minimum atomic E-state index is -4.96. The molecule has 0 fully saturated rings. The van der Waals surface area contributed by atoms with Crippen LogP contribution < -0.4 is 0 Å². The summed E-state index contributed by atoms with van der Waals surface area (Å²) in [4.78, 5) is 72.7. The molecule has 0 aromatic heterocycles. The van der Waals surface area contributed by atoms with Gasteiger partial charge in [0.05, 0.1) is 26.4 Å². The van der Waals surface area contributed by atoms with Crippen LogP contribution in [0.1, 0.15) is 369 Å². The van der Waals surface area contributed by atoms with Crippen LogP contribution in [-0.2, 0) is 65.4 Å². The van der Waals surface area contributed by atoms with Gasteiger partial charge in [0.15, 0.2) is 12.2 Å². The van der Waals surface area contributed by atoms with Gasteiger partial charge in [0, 0.05) is 25.7 Å². The van der Waals surface area contributed by atoms with Gasteiger partial charge in [-0.25, -0.2) is 9.13 Å². The van der Waals surface area contributed by atoms with Crippen LogP contribution in [0.3, 0.4) is 0 Å². The molecule has 0 amide bonds. The van der Waals surface area contributed by atoms with Gasteiger partial charge in [0.2, 0.25) is 0 Å². The summed E-state index contributed by atoms with van der Waals surface area (Å²) in [5.41, 5.74) is 0. The molecule has 19 heteroatoms. The molecule has 0 heterocycles. The smallest absolute Gasteiger partial charge is 0.462 e. The van der Waals surface area contributed by atoms with Crippen molar-refractivity contribution in [2.45, 2.75) is 387 Å². The van der Waals surface area contributed by atoms with E-state index in [1.54, 1.807) is 0 Å². The molecular formula is C75H142O17P2. The fourth-order valence-corrected chi connectivity index (χ4v) is 12.6. The average molecular weight is 1380 g/mol. The van der Waals surface area contributed by atoms with Crippen LogP contribution in [0, 0.1) is 5.92 Å². The van der Waals surface area contributed by atoms with E-state index in [0.717, 1.165) is 115 Å². The second-order valence-electron chi connectivity index (χ2n) is 26.8. The van der Waals surface area contributed by atoms with Gasteiger partial charge in [-0.15, -0.1) is 0 Å². The third-order valence-corrected chi connectivity index (χ3v) is 18.8. The van der Waals surface area contributed by atoms with E-state index in [4.69, 9.17) is 37.0 Å². The van der Waals surface area contributed by atoms with E-state index in [1.165, 1.54) is 173 Å². The summed E-state index contributed by atoms with van der Waals surface area (Å²) in [6, 6.07) is 0. The fourth-order valence-electron chi connectivity index (χ4n) is 11.0. The number of rotatable bonds is 73. The number of ether oxygens (including phenoxy) is 4. The Morgan fingerprint density at radius 1 is 0.330 bits per heavy atom. The molecule has 0 radical (unpaired) electrons. The maximum Gasteiger partial charge on any atom is 0.472 e. The molecule has 0 aliphatic heterocycles. The Balaban J connectivity index is 5.28. The summed E-state index contributed by atoms with van der Waals surface area (Å²) in [6.07, 6.45) is 59.0. The number of aliphatic hydroxyl groups is 1. The van der Waals surface area contributed by atoms with Gasteiger partial charge >= 0.3 is 39.5 Å². The van der Waals surface area contributed by atoms with E-state index in [9.17, 15) is 43.2 Å². The van der Waals surface area contributed by atoms with Crippen LogP contribution in [0.5, 0.6) is 0 Å². The number of hydrogen-bond donors (Lipinski definition) is 3. The van der Waals surface area contributed by atoms with Crippen molar-refractivity contribution in [2.24, 2.45) is 5.92 Å². The van der Waals surface area contributed by atoms with Crippen molar-refractivity contribution in [1.29, 1.82) is 0 Å². The summed E-state index contributed by atoms with van der Waals surface area (Å²) in [5.74, 6) is -1.39. The number of carbonyl (C=O) groups is 4.